The number of amides is 1. The molecule has 0 N–H and O–H groups in total. The lowest BCUT2D eigenvalue weighted by molar-refractivity contribution is -0.671. The zero-order valence-corrected chi connectivity index (χ0v) is 27.3. The molecule has 0 unspecified atom stereocenters. The molecule has 0 aliphatic carbocycles. The van der Waals surface area contributed by atoms with E-state index in [1.54, 1.807) is 0 Å². The first kappa shape index (κ1) is 33.6. The van der Waals surface area contributed by atoms with Crippen molar-refractivity contribution >= 4 is 50.2 Å². The number of aryl methyl sites for hydroxylation is 1. The average molecular weight is 663 g/mol. The first-order valence-corrected chi connectivity index (χ1v) is 18.0. The van der Waals surface area contributed by atoms with Crippen LogP contribution in [0.15, 0.2) is 140 Å². The first-order valence-electron chi connectivity index (χ1n) is 15.1. The summed E-state index contributed by atoms with van der Waals surface area (Å²) in [6.45, 7) is 1.16. The van der Waals surface area contributed by atoms with E-state index in [2.05, 4.69) is 126 Å². The van der Waals surface area contributed by atoms with Crippen molar-refractivity contribution in [2.45, 2.75) is 24.7 Å². The molecular formula is C35H36BF4N3OP2. The molecule has 5 aromatic rings. The second-order valence-electron chi connectivity index (χ2n) is 11.2. The van der Waals surface area contributed by atoms with Crippen LogP contribution < -0.4 is 25.8 Å². The van der Waals surface area contributed by atoms with Crippen LogP contribution in [0.4, 0.5) is 17.3 Å². The number of rotatable bonds is 9. The maximum absolute atomic E-state index is 14.0. The van der Waals surface area contributed by atoms with Gasteiger partial charge in [0.1, 0.15) is 12.4 Å². The van der Waals surface area contributed by atoms with Gasteiger partial charge in [-0.1, -0.05) is 121 Å². The molecule has 0 saturated carbocycles. The van der Waals surface area contributed by atoms with Gasteiger partial charge in [-0.05, 0) is 49.6 Å². The number of halogens is 4. The van der Waals surface area contributed by atoms with Gasteiger partial charge >= 0.3 is 7.25 Å². The number of imidazole rings is 1. The predicted octanol–water partition coefficient (Wildman–Crippen LogP) is 5.85. The molecule has 0 spiro atoms. The van der Waals surface area contributed by atoms with Gasteiger partial charge in [-0.3, -0.25) is 4.79 Å². The third-order valence-electron chi connectivity index (χ3n) is 7.82. The number of likely N-dealkylation sites (tertiary alicyclic amines) is 1. The quantitative estimate of drug-likeness (QED) is 0.0843. The van der Waals surface area contributed by atoms with Gasteiger partial charge in [0.2, 0.25) is 6.33 Å². The Morgan fingerprint density at radius 1 is 0.761 bits per heavy atom. The van der Waals surface area contributed by atoms with Crippen LogP contribution in [0.5, 0.6) is 0 Å². The van der Waals surface area contributed by atoms with Crippen molar-refractivity contribution in [2.75, 3.05) is 12.7 Å². The molecule has 0 radical (unpaired) electrons. The van der Waals surface area contributed by atoms with Crippen molar-refractivity contribution in [3.05, 3.63) is 140 Å². The fourth-order valence-corrected chi connectivity index (χ4v) is 11.4. The molecular weight excluding hydrogens is 627 g/mol. The van der Waals surface area contributed by atoms with Crippen LogP contribution in [0.25, 0.3) is 0 Å². The Bertz CT molecular complexity index is 1580. The summed E-state index contributed by atoms with van der Waals surface area (Å²) in [5.74, 6) is 0.209. The normalized spacial score (nSPS) is 16.4. The molecule has 1 fully saturated rings. The van der Waals surface area contributed by atoms with Gasteiger partial charge in [0.25, 0.3) is 5.91 Å². The highest BCUT2D eigenvalue weighted by molar-refractivity contribution is 7.74. The van der Waals surface area contributed by atoms with E-state index in [-0.39, 0.29) is 11.9 Å². The molecule has 46 heavy (non-hydrogen) atoms. The van der Waals surface area contributed by atoms with Crippen LogP contribution in [0.3, 0.4) is 0 Å². The number of hydrogen-bond acceptors (Lipinski definition) is 1. The second kappa shape index (κ2) is 15.7. The number of carbonyl (C=O) groups excluding carboxylic acids is 1. The van der Waals surface area contributed by atoms with Crippen molar-refractivity contribution in [1.29, 1.82) is 0 Å². The SMILES string of the molecule is C[n+]1ccn(CC(=O)N2C[C@@H](P(c3ccccc3)c3ccccc3)C[C@H]2CP(c2ccccc2)c2ccccc2)c1.F[B-](F)(F)F. The molecule has 1 aliphatic heterocycles. The summed E-state index contributed by atoms with van der Waals surface area (Å²) in [5.41, 5.74) is 0.396. The minimum Gasteiger partial charge on any atom is -0.418 e. The van der Waals surface area contributed by atoms with Crippen LogP contribution in [-0.4, -0.2) is 47.0 Å². The van der Waals surface area contributed by atoms with E-state index < -0.39 is 23.1 Å². The lowest BCUT2D eigenvalue weighted by atomic mass is 10.2. The Labute approximate surface area is 270 Å². The Kier molecular flexibility index (Phi) is 11.4. The van der Waals surface area contributed by atoms with Crippen LogP contribution in [-0.2, 0) is 18.4 Å². The predicted molar refractivity (Wildman–Crippen MR) is 183 cm³/mol. The number of aromatic nitrogens is 2. The molecule has 4 aromatic carbocycles. The third kappa shape index (κ3) is 9.37. The van der Waals surface area contributed by atoms with Gasteiger partial charge in [-0.2, -0.15) is 0 Å². The molecule has 1 amide bonds. The summed E-state index contributed by atoms with van der Waals surface area (Å²) >= 11 is 0. The average Bonchev–Trinajstić information content (AvgIpc) is 3.66. The first-order chi connectivity index (χ1) is 22.2. The van der Waals surface area contributed by atoms with Crippen molar-refractivity contribution in [3.63, 3.8) is 0 Å². The second-order valence-corrected chi connectivity index (χ2v) is 15.9. The molecule has 0 bridgehead atoms. The fourth-order valence-electron chi connectivity index (χ4n) is 5.93. The molecule has 238 valence electrons. The Hall–Kier alpha value is -3.80. The van der Waals surface area contributed by atoms with E-state index in [0.717, 1.165) is 19.1 Å². The topological polar surface area (TPSA) is 29.1 Å². The number of carbonyl (C=O) groups is 1. The number of hydrogen-bond donors (Lipinski definition) is 0. The Morgan fingerprint density at radius 2 is 1.20 bits per heavy atom. The monoisotopic (exact) mass is 663 g/mol. The molecule has 6 rings (SSSR count). The van der Waals surface area contributed by atoms with Crippen molar-refractivity contribution in [1.82, 2.24) is 9.47 Å². The van der Waals surface area contributed by atoms with Gasteiger partial charge in [0.15, 0.2) is 6.54 Å². The lowest BCUT2D eigenvalue weighted by Crippen LogP contribution is -2.40. The van der Waals surface area contributed by atoms with Crippen LogP contribution in [0, 0.1) is 0 Å². The highest BCUT2D eigenvalue weighted by atomic mass is 31.1. The van der Waals surface area contributed by atoms with E-state index in [1.807, 2.05) is 34.9 Å². The number of nitrogens with zero attached hydrogens (tertiary/aromatic N) is 3. The standard InChI is InChI=1S/C35H36N3OP2.BF4/c1-36-22-23-37(28-36)26-35(39)38-25-34(41(32-18-10-4-11-19-32)33-20-12-5-13-21-33)24-29(38)27-40(30-14-6-2-7-15-30)31-16-8-3-9-17-31;2-1(3,4)5/h2-23,28-29,34H,24-27H2,1H3;/q+1;-1/t29-,34-;/m0./s1. The van der Waals surface area contributed by atoms with Gasteiger partial charge in [-0.25, -0.2) is 9.13 Å². The van der Waals surface area contributed by atoms with Gasteiger partial charge in [0.05, 0.1) is 7.05 Å². The van der Waals surface area contributed by atoms with E-state index in [0.29, 0.717) is 12.2 Å². The summed E-state index contributed by atoms with van der Waals surface area (Å²) in [6.07, 6.45) is 7.95. The smallest absolute Gasteiger partial charge is 0.418 e. The molecule has 2 atom stereocenters. The highest BCUT2D eigenvalue weighted by Crippen LogP contribution is 2.48. The summed E-state index contributed by atoms with van der Waals surface area (Å²) in [6, 6.07) is 43.9. The largest absolute Gasteiger partial charge is 0.673 e. The fraction of sp³-hybridized carbons (Fsp3) is 0.200. The number of benzene rings is 4. The Morgan fingerprint density at radius 3 is 1.61 bits per heavy atom. The third-order valence-corrected chi connectivity index (χ3v) is 13.3. The van der Waals surface area contributed by atoms with Crippen molar-refractivity contribution < 1.29 is 26.6 Å². The summed E-state index contributed by atoms with van der Waals surface area (Å²) in [7, 11) is -5.23. The molecule has 1 aromatic heterocycles. The maximum atomic E-state index is 14.0. The zero-order valence-electron chi connectivity index (χ0n) is 25.5. The van der Waals surface area contributed by atoms with Crippen LogP contribution in [0.2, 0.25) is 0 Å². The molecule has 2 heterocycles. The van der Waals surface area contributed by atoms with E-state index in [1.165, 1.54) is 21.2 Å². The maximum Gasteiger partial charge on any atom is 0.673 e. The summed E-state index contributed by atoms with van der Waals surface area (Å²) in [5, 5.41) is 5.51. The molecule has 1 saturated heterocycles. The minimum absolute atomic E-state index is 0.181. The van der Waals surface area contributed by atoms with E-state index >= 15 is 0 Å². The van der Waals surface area contributed by atoms with Gasteiger partial charge in [0, 0.05) is 18.2 Å². The van der Waals surface area contributed by atoms with Crippen molar-refractivity contribution in [2.24, 2.45) is 7.05 Å². The van der Waals surface area contributed by atoms with Crippen molar-refractivity contribution in [3.8, 4) is 0 Å². The summed E-state index contributed by atoms with van der Waals surface area (Å²) in [4.78, 5) is 16.3. The Balaban J connectivity index is 0.000000775. The van der Waals surface area contributed by atoms with E-state index in [4.69, 9.17) is 0 Å². The molecule has 11 heteroatoms. The minimum atomic E-state index is -6.00. The zero-order chi connectivity index (χ0) is 32.5. The van der Waals surface area contributed by atoms with Gasteiger partial charge < -0.3 is 22.2 Å². The van der Waals surface area contributed by atoms with Crippen LogP contribution in [0.1, 0.15) is 6.42 Å². The van der Waals surface area contributed by atoms with Crippen LogP contribution >= 0.6 is 15.8 Å². The lowest BCUT2D eigenvalue weighted by Gasteiger charge is -2.28. The molecule has 4 nitrogen and oxygen atoms in total. The van der Waals surface area contributed by atoms with Gasteiger partial charge in [-0.15, -0.1) is 0 Å². The highest BCUT2D eigenvalue weighted by Gasteiger charge is 2.41. The summed E-state index contributed by atoms with van der Waals surface area (Å²) < 4.78 is 43.0. The molecule has 1 aliphatic rings. The van der Waals surface area contributed by atoms with E-state index in [9.17, 15) is 22.1 Å².